The summed E-state index contributed by atoms with van der Waals surface area (Å²) in [5, 5.41) is 7.66. The highest BCUT2D eigenvalue weighted by Crippen LogP contribution is 2.45. The Kier molecular flexibility index (Phi) is 9.43. The van der Waals surface area contributed by atoms with Gasteiger partial charge in [0.05, 0.1) is 28.1 Å². The molecule has 0 N–H and O–H groups in total. The summed E-state index contributed by atoms with van der Waals surface area (Å²) in [5.41, 5.74) is 11.1. The topological polar surface area (TPSA) is 44.9 Å². The summed E-state index contributed by atoms with van der Waals surface area (Å²) in [6.45, 7) is 22.9. The molecule has 1 aliphatic rings. The van der Waals surface area contributed by atoms with E-state index in [4.69, 9.17) is 14.8 Å². The normalized spacial score (nSPS) is 18.1. The van der Waals surface area contributed by atoms with Gasteiger partial charge in [0.2, 0.25) is 0 Å². The molecule has 0 bridgehead atoms. The van der Waals surface area contributed by atoms with Gasteiger partial charge in [-0.25, -0.2) is 9.67 Å². The van der Waals surface area contributed by atoms with Crippen LogP contribution in [0.15, 0.2) is 90.6 Å². The van der Waals surface area contributed by atoms with Gasteiger partial charge in [-0.3, -0.25) is 4.57 Å². The first kappa shape index (κ1) is 34.8. The molecule has 0 saturated heterocycles. The van der Waals surface area contributed by atoms with Crippen LogP contribution in [0.4, 0.5) is 0 Å². The lowest BCUT2D eigenvalue weighted by atomic mass is 9.71. The minimum absolute atomic E-state index is 0.310. The molecule has 264 valence electrons. The van der Waals surface area contributed by atoms with Crippen molar-refractivity contribution in [2.75, 3.05) is 0 Å². The second kappa shape index (κ2) is 13.8. The summed E-state index contributed by atoms with van der Waals surface area (Å²) in [7, 11) is 0. The number of rotatable bonds is 9. The van der Waals surface area contributed by atoms with E-state index in [0.717, 1.165) is 46.2 Å². The van der Waals surface area contributed by atoms with E-state index in [1.54, 1.807) is 0 Å². The lowest BCUT2D eigenvalue weighted by Crippen LogP contribution is -2.21. The largest absolute Gasteiger partial charge is 0.457 e. The molecular formula is C46H54N4O. The molecule has 0 saturated carbocycles. The molecule has 0 radical (unpaired) electrons. The predicted molar refractivity (Wildman–Crippen MR) is 213 cm³/mol. The molecule has 0 fully saturated rings. The third kappa shape index (κ3) is 6.64. The third-order valence-corrected chi connectivity index (χ3v) is 10.7. The van der Waals surface area contributed by atoms with Crippen LogP contribution < -0.4 is 4.74 Å². The fourth-order valence-corrected chi connectivity index (χ4v) is 8.70. The fraction of sp³-hybridized carbons (Fsp3) is 0.391. The van der Waals surface area contributed by atoms with Gasteiger partial charge in [0.1, 0.15) is 17.3 Å². The van der Waals surface area contributed by atoms with Crippen LogP contribution in [0.25, 0.3) is 33.3 Å². The van der Waals surface area contributed by atoms with Crippen LogP contribution in [0.1, 0.15) is 115 Å². The van der Waals surface area contributed by atoms with Crippen LogP contribution in [-0.2, 0) is 6.42 Å². The van der Waals surface area contributed by atoms with Gasteiger partial charge in [-0.15, -0.1) is 0 Å². The Bertz CT molecular complexity index is 2250. The van der Waals surface area contributed by atoms with Gasteiger partial charge in [-0.1, -0.05) is 85.2 Å². The number of nitrogens with zero attached hydrogens (tertiary/aromatic N) is 4. The van der Waals surface area contributed by atoms with E-state index in [-0.39, 0.29) is 0 Å². The number of allylic oxidation sites excluding steroid dienone is 2. The van der Waals surface area contributed by atoms with Crippen LogP contribution in [-0.4, -0.2) is 19.3 Å². The van der Waals surface area contributed by atoms with Crippen LogP contribution in [0.5, 0.6) is 11.5 Å². The lowest BCUT2D eigenvalue weighted by molar-refractivity contribution is 0.389. The van der Waals surface area contributed by atoms with Crippen LogP contribution >= 0.6 is 0 Å². The van der Waals surface area contributed by atoms with Gasteiger partial charge >= 0.3 is 0 Å². The van der Waals surface area contributed by atoms with Crippen molar-refractivity contribution in [3.63, 3.8) is 0 Å². The zero-order valence-corrected chi connectivity index (χ0v) is 32.2. The highest BCUT2D eigenvalue weighted by molar-refractivity contribution is 6.09. The Morgan fingerprint density at radius 3 is 2.29 bits per heavy atom. The molecule has 0 aliphatic heterocycles. The molecule has 3 atom stereocenters. The lowest BCUT2D eigenvalue weighted by Gasteiger charge is -2.33. The monoisotopic (exact) mass is 678 g/mol. The number of aryl methyl sites for hydroxylation is 1. The van der Waals surface area contributed by atoms with Gasteiger partial charge < -0.3 is 4.74 Å². The predicted octanol–water partition coefficient (Wildman–Crippen LogP) is 12.6. The van der Waals surface area contributed by atoms with E-state index in [0.29, 0.717) is 35.5 Å². The molecule has 3 aromatic heterocycles. The second-order valence-electron chi connectivity index (χ2n) is 16.2. The summed E-state index contributed by atoms with van der Waals surface area (Å²) < 4.78 is 11.3. The molecule has 1 aliphatic carbocycles. The van der Waals surface area contributed by atoms with Crippen molar-refractivity contribution < 1.29 is 4.74 Å². The molecule has 7 rings (SSSR count). The number of aromatic nitrogens is 4. The van der Waals surface area contributed by atoms with Gasteiger partial charge in [-0.05, 0) is 110 Å². The third-order valence-electron chi connectivity index (χ3n) is 10.7. The van der Waals surface area contributed by atoms with Gasteiger partial charge in [-0.2, -0.15) is 5.10 Å². The summed E-state index contributed by atoms with van der Waals surface area (Å²) in [6.07, 6.45) is 6.63. The van der Waals surface area contributed by atoms with E-state index in [1.807, 2.05) is 6.20 Å². The van der Waals surface area contributed by atoms with E-state index in [1.165, 1.54) is 45.2 Å². The maximum atomic E-state index is 6.82. The van der Waals surface area contributed by atoms with E-state index < -0.39 is 0 Å². The maximum Gasteiger partial charge on any atom is 0.137 e. The first-order valence-corrected chi connectivity index (χ1v) is 19.0. The fourth-order valence-electron chi connectivity index (χ4n) is 8.70. The molecule has 0 spiro atoms. The summed E-state index contributed by atoms with van der Waals surface area (Å²) >= 11 is 0. The number of pyridine rings is 1. The van der Waals surface area contributed by atoms with Gasteiger partial charge in [0, 0.05) is 40.6 Å². The number of para-hydroxylation sites is 1. The number of fused-ring (bicyclic) bond motifs is 3. The first-order chi connectivity index (χ1) is 24.4. The van der Waals surface area contributed by atoms with Crippen molar-refractivity contribution in [3.8, 4) is 23.0 Å². The smallest absolute Gasteiger partial charge is 0.137 e. The molecular weight excluding hydrogens is 625 g/mol. The van der Waals surface area contributed by atoms with Crippen molar-refractivity contribution in [2.45, 2.75) is 99.8 Å². The molecule has 0 amide bonds. The first-order valence-electron chi connectivity index (χ1n) is 19.0. The van der Waals surface area contributed by atoms with Crippen molar-refractivity contribution in [3.05, 3.63) is 119 Å². The zero-order chi connectivity index (χ0) is 36.1. The van der Waals surface area contributed by atoms with E-state index in [2.05, 4.69) is 157 Å². The highest BCUT2D eigenvalue weighted by Gasteiger charge is 2.33. The number of ether oxygens (including phenoxy) is 1. The Balaban J connectivity index is 1.33. The zero-order valence-electron chi connectivity index (χ0n) is 32.2. The SMILES string of the molecule is CC1=C[C@H](C)C[C@H](C)C1c1c(C)nn(-c2cc(Oc3ccc4c5ccccc5n(-c5cc(CC(C)C)ccn5)c4c3)cc(C(C)C)c2)c1C(C)C. The molecule has 6 aromatic rings. The average Bonchev–Trinajstić information content (AvgIpc) is 3.58. The minimum Gasteiger partial charge on any atom is -0.457 e. The quantitative estimate of drug-likeness (QED) is 0.143. The van der Waals surface area contributed by atoms with E-state index in [9.17, 15) is 0 Å². The summed E-state index contributed by atoms with van der Waals surface area (Å²) in [4.78, 5) is 4.87. The maximum absolute atomic E-state index is 6.82. The Hall–Kier alpha value is -4.64. The van der Waals surface area contributed by atoms with Crippen LogP contribution in [0, 0.1) is 24.7 Å². The van der Waals surface area contributed by atoms with Crippen molar-refractivity contribution in [2.24, 2.45) is 17.8 Å². The van der Waals surface area contributed by atoms with E-state index >= 15 is 0 Å². The van der Waals surface area contributed by atoms with Gasteiger partial charge in [0.15, 0.2) is 0 Å². The number of benzene rings is 3. The van der Waals surface area contributed by atoms with Crippen molar-refractivity contribution in [1.82, 2.24) is 19.3 Å². The molecule has 1 unspecified atom stereocenters. The Morgan fingerprint density at radius 1 is 0.804 bits per heavy atom. The van der Waals surface area contributed by atoms with Gasteiger partial charge in [0.25, 0.3) is 0 Å². The average molecular weight is 679 g/mol. The van der Waals surface area contributed by atoms with Crippen molar-refractivity contribution in [1.29, 1.82) is 0 Å². The minimum atomic E-state index is 0.310. The molecule has 51 heavy (non-hydrogen) atoms. The Labute approximate surface area is 304 Å². The highest BCUT2D eigenvalue weighted by atomic mass is 16.5. The summed E-state index contributed by atoms with van der Waals surface area (Å²) in [5.74, 6) is 5.31. The van der Waals surface area contributed by atoms with Crippen molar-refractivity contribution >= 4 is 21.8 Å². The molecule has 5 nitrogen and oxygen atoms in total. The van der Waals surface area contributed by atoms with Crippen LogP contribution in [0.2, 0.25) is 0 Å². The molecule has 3 heterocycles. The second-order valence-corrected chi connectivity index (χ2v) is 16.2. The Morgan fingerprint density at radius 2 is 1.57 bits per heavy atom. The number of hydrogen-bond acceptors (Lipinski definition) is 3. The number of hydrogen-bond donors (Lipinski definition) is 0. The molecule has 3 aromatic carbocycles. The standard InChI is InChI=1S/C46H54N4O/c1-27(2)19-34-17-18-47-43(22-34)49-41-14-12-11-13-39(41)40-16-15-37(26-42(40)49)51-38-24-35(28(3)4)23-36(25-38)50-46(29(5)6)45(33(10)48-50)44-31(8)20-30(7)21-32(44)9/h11-18,20,22-30,32,44H,19,21H2,1-10H3/t30-,32-,44?/m0/s1. The molecule has 5 heteroatoms. The summed E-state index contributed by atoms with van der Waals surface area (Å²) in [6, 6.07) is 26.1. The van der Waals surface area contributed by atoms with Crippen LogP contribution in [0.3, 0.4) is 0 Å².